The largest absolute Gasteiger partial charge is 0.481 e. The molecule has 38 heteroatoms. The number of aliphatic hydroxyl groups excluding tert-OH is 18. The summed E-state index contributed by atoms with van der Waals surface area (Å²) in [5, 5.41) is 240. The maximum absolute atomic E-state index is 12.7. The van der Waals surface area contributed by atoms with Crippen molar-refractivity contribution in [3.05, 3.63) is 146 Å². The zero-order valence-corrected chi connectivity index (χ0v) is 80.9. The van der Waals surface area contributed by atoms with E-state index < -0.39 is 281 Å². The number of carbonyl (C=O) groups is 4. The van der Waals surface area contributed by atoms with Gasteiger partial charge in [0.25, 0.3) is 0 Å². The van der Waals surface area contributed by atoms with Crippen molar-refractivity contribution in [1.29, 1.82) is 0 Å². The molecule has 2 unspecified atom stereocenters. The molecule has 4 bridgehead atoms. The van der Waals surface area contributed by atoms with E-state index in [1.165, 1.54) is 13.0 Å². The molecule has 4 fully saturated rings. The van der Waals surface area contributed by atoms with Crippen molar-refractivity contribution in [2.45, 2.75) is 392 Å². The van der Waals surface area contributed by atoms with E-state index in [0.29, 0.717) is 39.0 Å². The van der Waals surface area contributed by atoms with Crippen molar-refractivity contribution in [3.63, 3.8) is 0 Å². The van der Waals surface area contributed by atoms with Gasteiger partial charge in [0.2, 0.25) is 0 Å². The molecule has 0 aromatic heterocycles. The Morgan fingerprint density at radius 3 is 1.08 bits per heavy atom. The highest BCUT2D eigenvalue weighted by Crippen LogP contribution is 2.42. The molecule has 6 aliphatic rings. The fourth-order valence-corrected chi connectivity index (χ4v) is 17.6. The number of nitrogens with two attached hydrogens (primary N) is 3. The zero-order chi connectivity index (χ0) is 103. The lowest BCUT2D eigenvalue weighted by Crippen LogP contribution is -2.64. The number of aliphatic hydroxyl groups is 20. The normalized spacial score (nSPS) is 43.4. The second-order valence-electron chi connectivity index (χ2n) is 37.9. The van der Waals surface area contributed by atoms with Crippen LogP contribution in [0.25, 0.3) is 0 Å². The van der Waals surface area contributed by atoms with E-state index in [4.69, 9.17) is 55.1 Å². The quantitative estimate of drug-likeness (QED) is 0.117. The van der Waals surface area contributed by atoms with E-state index in [2.05, 4.69) is 0 Å². The lowest BCUT2D eigenvalue weighted by molar-refractivity contribution is -0.313. The average molecular weight is 1970 g/mol. The van der Waals surface area contributed by atoms with E-state index in [9.17, 15) is 132 Å². The predicted molar refractivity (Wildman–Crippen MR) is 509 cm³/mol. The molecule has 0 radical (unpaired) electrons. The summed E-state index contributed by atoms with van der Waals surface area (Å²) in [5.41, 5.74) is 17.7. The predicted octanol–water partition coefficient (Wildman–Crippen LogP) is 1.91. The Labute approximate surface area is 810 Å². The van der Waals surface area contributed by atoms with Gasteiger partial charge in [-0.2, -0.15) is 0 Å². The molecule has 0 saturated carbocycles. The van der Waals surface area contributed by atoms with Crippen LogP contribution in [0.4, 0.5) is 0 Å². The van der Waals surface area contributed by atoms with Gasteiger partial charge in [-0.1, -0.05) is 174 Å². The van der Waals surface area contributed by atoms with Gasteiger partial charge in [0.05, 0.1) is 159 Å². The molecule has 4 saturated heterocycles. The fraction of sp³-hybridized carbons (Fsp3) is 0.720. The summed E-state index contributed by atoms with van der Waals surface area (Å²) in [6.45, 7) is 15.3. The number of nitrogens with zero attached hydrogens (tertiary/aromatic N) is 1. The number of hydrogen-bond acceptors (Lipinski definition) is 36. The van der Waals surface area contributed by atoms with Gasteiger partial charge in [-0.15, -0.1) is 0 Å². The molecule has 28 N–H and O–H groups in total. The minimum atomic E-state index is -2.37. The number of fused-ring (bicyclic) bond motifs is 4. The number of carboxylic acid groups (broad SMARTS) is 2. The molecule has 0 aliphatic carbocycles. The van der Waals surface area contributed by atoms with E-state index in [0.717, 1.165) is 25.7 Å². The summed E-state index contributed by atoms with van der Waals surface area (Å²) in [6.07, 6.45) is 5.92. The van der Waals surface area contributed by atoms with Crippen LogP contribution in [0.2, 0.25) is 0 Å². The molecule has 138 heavy (non-hydrogen) atoms. The van der Waals surface area contributed by atoms with Crippen LogP contribution in [0.3, 0.4) is 0 Å². The van der Waals surface area contributed by atoms with Crippen molar-refractivity contribution in [1.82, 2.24) is 4.90 Å². The first-order valence-electron chi connectivity index (χ1n) is 48.6. The molecule has 788 valence electrons. The minimum Gasteiger partial charge on any atom is -0.481 e. The second kappa shape index (κ2) is 63.0. The highest BCUT2D eigenvalue weighted by molar-refractivity contribution is 5.72. The van der Waals surface area contributed by atoms with Gasteiger partial charge >= 0.3 is 23.9 Å². The van der Waals surface area contributed by atoms with Gasteiger partial charge in [0.1, 0.15) is 36.3 Å². The van der Waals surface area contributed by atoms with Crippen LogP contribution in [0.5, 0.6) is 0 Å². The molecule has 0 aromatic carbocycles. The smallest absolute Gasteiger partial charge is 0.311 e. The van der Waals surface area contributed by atoms with Crippen molar-refractivity contribution < 1.29 is 169 Å². The number of ether oxygens (including phenoxy) is 8. The number of rotatable bonds is 13. The number of allylic oxidation sites excluding steroid dienone is 20. The Morgan fingerprint density at radius 1 is 0.384 bits per heavy atom. The third-order valence-corrected chi connectivity index (χ3v) is 26.1. The maximum atomic E-state index is 12.7. The Hall–Kier alpha value is -6.44. The molecule has 0 amide bonds. The molecular weight excluding hydrogens is 1800 g/mol. The van der Waals surface area contributed by atoms with Crippen LogP contribution in [0.1, 0.15) is 197 Å². The first-order valence-corrected chi connectivity index (χ1v) is 48.6. The van der Waals surface area contributed by atoms with Gasteiger partial charge in [0.15, 0.2) is 24.2 Å². The standard InChI is InChI=1S/C53H89N3O17.C47H75NO17/c1-33-19-15-13-11-9-7-5-6-8-10-12-14-16-20-40(72-52-50(66)47(49(65)36(4)71-52)56(25-17-23-54)26-18-24-55)30-44-46(51(67)68)43(62)32-53(69,73-44)31-42(61)41(60)22-21-37(57)27-38(58)28-39(59)29-45(63)70-35(3)34(2)48(33)64;1-27-17-15-13-11-9-7-5-6-8-10-12-14-16-18-34(64-46-44(58)41(48)43(57)30(4)63-46)24-38-40(45(59)60)37(54)26-47(61,65-38)25-36(53)35(52)20-19-31(49)21-32(50)22-33(51)23-39(55)62-29(3)28(2)42(27)56/h5-6,8,10-16,19-20,33-44,46-50,52,57-62,64-66,69H,7,9,17-18,21-32,54-55H2,1-4H3,(H,67,68);5-6,8,10-18,27-38,40-44,46,49-54,56-58,61H,7,9,19-26,48H2,1-4H3,(H,59,60)/b6-5+,10-8+,13-11+,14-12+,19-15+,20-16+;6-5+,10-8+,13-11+,14-12+,17-15+,18-16+/t33-,34-,35-,36+,37+,38+,39+,40-,41+,42+,43-,44?,46+,47-,48+,49+,50-,52-,53+;27-,28-,29-,30+,31+,32+,33+,34-,35+,36+,37-,38?,40+,41-,42+,43+,44-,46-,47+/m00/s1. The number of aliphatic carboxylic acids is 2. The first kappa shape index (κ1) is 122. The van der Waals surface area contributed by atoms with Crippen molar-refractivity contribution in [2.75, 3.05) is 26.2 Å². The van der Waals surface area contributed by atoms with Gasteiger partial charge in [-0.25, -0.2) is 0 Å². The van der Waals surface area contributed by atoms with Gasteiger partial charge < -0.3 is 167 Å². The monoisotopic (exact) mass is 1970 g/mol. The first-order chi connectivity index (χ1) is 65.2. The van der Waals surface area contributed by atoms with Crippen LogP contribution in [0, 0.1) is 35.5 Å². The van der Waals surface area contributed by atoms with E-state index in [-0.39, 0.29) is 76.0 Å². The number of hydrogen-bond donors (Lipinski definition) is 25. The molecular formula is C100H164N4O34. The van der Waals surface area contributed by atoms with Crippen molar-refractivity contribution >= 4 is 23.9 Å². The summed E-state index contributed by atoms with van der Waals surface area (Å²) in [6, 6.07) is -2.01. The third kappa shape index (κ3) is 42.8. The lowest BCUT2D eigenvalue weighted by Gasteiger charge is -2.47. The lowest BCUT2D eigenvalue weighted by atomic mass is 9.82. The average Bonchev–Trinajstić information content (AvgIpc) is 0.796. The molecule has 0 aromatic rings. The Balaban J connectivity index is 0.000000490. The molecule has 6 heterocycles. The maximum Gasteiger partial charge on any atom is 0.311 e. The molecule has 0 spiro atoms. The van der Waals surface area contributed by atoms with Crippen LogP contribution in [0.15, 0.2) is 146 Å². The number of carboxylic acids is 2. The summed E-state index contributed by atoms with van der Waals surface area (Å²) >= 11 is 0. The number of cyclic esters (lactones) is 2. The van der Waals surface area contributed by atoms with Crippen LogP contribution in [-0.4, -0.2) is 362 Å². The van der Waals surface area contributed by atoms with Crippen LogP contribution in [-0.2, 0) is 57.1 Å². The summed E-state index contributed by atoms with van der Waals surface area (Å²) < 4.78 is 47.1. The molecule has 38 nitrogen and oxygen atoms in total. The molecule has 6 aliphatic heterocycles. The Bertz CT molecular complexity index is 3880. The summed E-state index contributed by atoms with van der Waals surface area (Å²) in [5.74, 6) is -13.7. The number of esters is 2. The molecule has 38 atom stereocenters. The highest BCUT2D eigenvalue weighted by atomic mass is 16.7. The minimum absolute atomic E-state index is 0.138. The van der Waals surface area contributed by atoms with Gasteiger partial charge in [-0.05, 0) is 144 Å². The summed E-state index contributed by atoms with van der Waals surface area (Å²) in [7, 11) is 0. The summed E-state index contributed by atoms with van der Waals surface area (Å²) in [4.78, 5) is 52.4. The van der Waals surface area contributed by atoms with E-state index in [1.807, 2.05) is 104 Å². The van der Waals surface area contributed by atoms with E-state index in [1.54, 1.807) is 89.3 Å². The molecule has 6 rings (SSSR count). The SMILES string of the molecule is C[C@@H]1[C@H](O)[C@@H](C)/C=C/C=C/CC/C=C/C=C/C=C/C=C/[C@H](O[C@@H]2O[C@H](C)[C@@H](O)[C@H](N(CCCN)CCCN)[C@@H]2O)CC2O[C@](O)(C[C@@H](O)[C@H](O)CC[C@@H](O)C[C@@H](O)C[C@@H](O)CC(=O)O[C@H]1C)C[C@H](O)[C@H]2C(=O)O.C[C@@H]1[C@H](O)[C@@H](C)/C=C/C=C/CC/C=C/C=C/C=C/C=C/[C@H](O[C@@H]2O[C@H](C)[C@@H](O)[C@H](N)[C@@H]2O)CC2O[C@](O)(C[C@@H](O)[C@H](O)CC[C@@H](O)C[C@@H](O)C[C@@H](O)CC(=O)O[C@H]1C)C[C@H](O)[C@H]2C(=O)O. The Morgan fingerprint density at radius 2 is 0.710 bits per heavy atom. The van der Waals surface area contributed by atoms with E-state index >= 15 is 0 Å². The van der Waals surface area contributed by atoms with Crippen LogP contribution >= 0.6 is 0 Å². The third-order valence-electron chi connectivity index (χ3n) is 26.1. The van der Waals surface area contributed by atoms with Gasteiger partial charge in [-0.3, -0.25) is 24.1 Å². The Kier molecular flexibility index (Phi) is 55.7. The topological polar surface area (TPSA) is 668 Å². The zero-order valence-electron chi connectivity index (χ0n) is 80.9. The number of carbonyl (C=O) groups excluding carboxylic acids is 2. The second-order valence-corrected chi connectivity index (χ2v) is 37.9. The van der Waals surface area contributed by atoms with Gasteiger partial charge in [0, 0.05) is 62.2 Å². The van der Waals surface area contributed by atoms with Crippen molar-refractivity contribution in [2.24, 2.45) is 52.7 Å². The van der Waals surface area contributed by atoms with Crippen LogP contribution < -0.4 is 17.2 Å². The highest BCUT2D eigenvalue weighted by Gasteiger charge is 2.54. The van der Waals surface area contributed by atoms with Crippen molar-refractivity contribution in [3.8, 4) is 0 Å². The fourth-order valence-electron chi connectivity index (χ4n) is 17.6.